The summed E-state index contributed by atoms with van der Waals surface area (Å²) in [5, 5.41) is 0. The lowest BCUT2D eigenvalue weighted by molar-refractivity contribution is 0.274. The number of aromatic nitrogens is 1. The van der Waals surface area contributed by atoms with Crippen molar-refractivity contribution in [1.82, 2.24) is 4.98 Å². The SMILES string of the molecule is FC1CN(c2cccnc2)C1. The highest BCUT2D eigenvalue weighted by atomic mass is 19.1. The third-order valence-corrected chi connectivity index (χ3v) is 1.85. The second kappa shape index (κ2) is 2.49. The van der Waals surface area contributed by atoms with Crippen LogP contribution in [0.1, 0.15) is 0 Å². The molecule has 0 unspecified atom stereocenters. The zero-order chi connectivity index (χ0) is 7.68. The van der Waals surface area contributed by atoms with Crippen molar-refractivity contribution in [3.05, 3.63) is 24.5 Å². The summed E-state index contributed by atoms with van der Waals surface area (Å²) in [7, 11) is 0. The molecule has 0 atom stereocenters. The molecule has 0 radical (unpaired) electrons. The van der Waals surface area contributed by atoms with E-state index in [1.54, 1.807) is 12.4 Å². The third-order valence-electron chi connectivity index (χ3n) is 1.85. The summed E-state index contributed by atoms with van der Waals surface area (Å²) in [5.74, 6) is 0. The van der Waals surface area contributed by atoms with Crippen LogP contribution >= 0.6 is 0 Å². The second-order valence-electron chi connectivity index (χ2n) is 2.71. The number of hydrogen-bond donors (Lipinski definition) is 0. The minimum Gasteiger partial charge on any atom is -0.364 e. The fourth-order valence-electron chi connectivity index (χ4n) is 1.18. The third kappa shape index (κ3) is 1.18. The van der Waals surface area contributed by atoms with Crippen LogP contribution in [0.15, 0.2) is 24.5 Å². The lowest BCUT2D eigenvalue weighted by atomic mass is 10.2. The van der Waals surface area contributed by atoms with Gasteiger partial charge in [0.15, 0.2) is 0 Å². The number of halogens is 1. The Morgan fingerprint density at radius 2 is 2.36 bits per heavy atom. The summed E-state index contributed by atoms with van der Waals surface area (Å²) in [6, 6.07) is 3.81. The molecule has 1 aromatic heterocycles. The summed E-state index contributed by atoms with van der Waals surface area (Å²) < 4.78 is 12.4. The van der Waals surface area contributed by atoms with E-state index >= 15 is 0 Å². The van der Waals surface area contributed by atoms with Gasteiger partial charge in [-0.15, -0.1) is 0 Å². The molecule has 2 heterocycles. The van der Waals surface area contributed by atoms with E-state index in [0.717, 1.165) is 5.69 Å². The molecule has 1 aliphatic heterocycles. The van der Waals surface area contributed by atoms with E-state index in [1.165, 1.54) is 0 Å². The molecule has 58 valence electrons. The maximum atomic E-state index is 12.4. The number of anilines is 1. The van der Waals surface area contributed by atoms with Crippen LogP contribution in [0.4, 0.5) is 10.1 Å². The van der Waals surface area contributed by atoms with Gasteiger partial charge in [-0.2, -0.15) is 0 Å². The van der Waals surface area contributed by atoms with Crippen molar-refractivity contribution < 1.29 is 4.39 Å². The van der Waals surface area contributed by atoms with Gasteiger partial charge in [0.25, 0.3) is 0 Å². The molecule has 0 N–H and O–H groups in total. The van der Waals surface area contributed by atoms with E-state index in [0.29, 0.717) is 13.1 Å². The Balaban J connectivity index is 2.08. The van der Waals surface area contributed by atoms with Crippen LogP contribution in [0.25, 0.3) is 0 Å². The first kappa shape index (κ1) is 6.58. The van der Waals surface area contributed by atoms with Gasteiger partial charge in [-0.05, 0) is 12.1 Å². The number of nitrogens with zero attached hydrogens (tertiary/aromatic N) is 2. The van der Waals surface area contributed by atoms with Gasteiger partial charge in [-0.3, -0.25) is 4.98 Å². The van der Waals surface area contributed by atoms with Gasteiger partial charge in [0.05, 0.1) is 25.0 Å². The Morgan fingerprint density at radius 1 is 1.55 bits per heavy atom. The number of hydrogen-bond acceptors (Lipinski definition) is 2. The average molecular weight is 152 g/mol. The molecule has 2 rings (SSSR count). The van der Waals surface area contributed by atoms with Gasteiger partial charge >= 0.3 is 0 Å². The molecule has 1 aromatic rings. The normalized spacial score (nSPS) is 18.1. The predicted molar refractivity (Wildman–Crippen MR) is 41.3 cm³/mol. The highest BCUT2D eigenvalue weighted by Gasteiger charge is 2.25. The first-order valence-electron chi connectivity index (χ1n) is 3.65. The molecular formula is C8H9FN2. The van der Waals surface area contributed by atoms with E-state index in [1.807, 2.05) is 17.0 Å². The van der Waals surface area contributed by atoms with Crippen LogP contribution in [-0.4, -0.2) is 24.2 Å². The molecule has 0 spiro atoms. The van der Waals surface area contributed by atoms with Crippen LogP contribution in [-0.2, 0) is 0 Å². The van der Waals surface area contributed by atoms with Crippen molar-refractivity contribution in [2.45, 2.75) is 6.17 Å². The standard InChI is InChI=1S/C8H9FN2/c9-7-5-11(6-7)8-2-1-3-10-4-8/h1-4,7H,5-6H2. The summed E-state index contributed by atoms with van der Waals surface area (Å²) in [4.78, 5) is 5.92. The van der Waals surface area contributed by atoms with Crippen molar-refractivity contribution in [2.24, 2.45) is 0 Å². The maximum Gasteiger partial charge on any atom is 0.135 e. The molecule has 1 fully saturated rings. The maximum absolute atomic E-state index is 12.4. The Hall–Kier alpha value is -1.12. The van der Waals surface area contributed by atoms with Crippen LogP contribution in [0, 0.1) is 0 Å². The Bertz CT molecular complexity index is 231. The van der Waals surface area contributed by atoms with Gasteiger partial charge < -0.3 is 4.90 Å². The fourth-order valence-corrected chi connectivity index (χ4v) is 1.18. The highest BCUT2D eigenvalue weighted by molar-refractivity contribution is 5.46. The molecular weight excluding hydrogens is 143 g/mol. The van der Waals surface area contributed by atoms with Gasteiger partial charge in [-0.1, -0.05) is 0 Å². The first-order valence-corrected chi connectivity index (χ1v) is 3.65. The second-order valence-corrected chi connectivity index (χ2v) is 2.71. The van der Waals surface area contributed by atoms with Crippen LogP contribution in [0.5, 0.6) is 0 Å². The van der Waals surface area contributed by atoms with Crippen molar-refractivity contribution >= 4 is 5.69 Å². The molecule has 1 saturated heterocycles. The molecule has 2 nitrogen and oxygen atoms in total. The Labute approximate surface area is 64.7 Å². The minimum atomic E-state index is -0.643. The molecule has 1 aliphatic rings. The monoisotopic (exact) mass is 152 g/mol. The molecule has 0 aliphatic carbocycles. The van der Waals surface area contributed by atoms with Gasteiger partial charge in [0.1, 0.15) is 6.17 Å². The minimum absolute atomic E-state index is 0.520. The van der Waals surface area contributed by atoms with E-state index < -0.39 is 6.17 Å². The number of pyridine rings is 1. The predicted octanol–water partition coefficient (Wildman–Crippen LogP) is 1.24. The highest BCUT2D eigenvalue weighted by Crippen LogP contribution is 2.20. The summed E-state index contributed by atoms with van der Waals surface area (Å²) >= 11 is 0. The topological polar surface area (TPSA) is 16.1 Å². The molecule has 0 aromatic carbocycles. The largest absolute Gasteiger partial charge is 0.364 e. The van der Waals surface area contributed by atoms with Gasteiger partial charge in [0, 0.05) is 6.20 Å². The lowest BCUT2D eigenvalue weighted by Crippen LogP contribution is -2.48. The Morgan fingerprint density at radius 3 is 2.91 bits per heavy atom. The quantitative estimate of drug-likeness (QED) is 0.601. The van der Waals surface area contributed by atoms with Crippen molar-refractivity contribution in [1.29, 1.82) is 0 Å². The lowest BCUT2D eigenvalue weighted by Gasteiger charge is -2.35. The first-order chi connectivity index (χ1) is 5.36. The number of rotatable bonds is 1. The van der Waals surface area contributed by atoms with Crippen LogP contribution in [0.3, 0.4) is 0 Å². The molecule has 0 saturated carbocycles. The molecule has 3 heteroatoms. The van der Waals surface area contributed by atoms with Crippen LogP contribution < -0.4 is 4.90 Å². The van der Waals surface area contributed by atoms with E-state index in [4.69, 9.17) is 0 Å². The van der Waals surface area contributed by atoms with Crippen molar-refractivity contribution in [3.63, 3.8) is 0 Å². The van der Waals surface area contributed by atoms with Crippen molar-refractivity contribution in [3.8, 4) is 0 Å². The zero-order valence-electron chi connectivity index (χ0n) is 6.07. The smallest absolute Gasteiger partial charge is 0.135 e. The summed E-state index contributed by atoms with van der Waals surface area (Å²) in [5.41, 5.74) is 1.02. The molecule has 0 amide bonds. The Kier molecular flexibility index (Phi) is 1.49. The van der Waals surface area contributed by atoms with E-state index in [9.17, 15) is 4.39 Å². The zero-order valence-corrected chi connectivity index (χ0v) is 6.07. The van der Waals surface area contributed by atoms with Gasteiger partial charge in [0.2, 0.25) is 0 Å². The van der Waals surface area contributed by atoms with Gasteiger partial charge in [-0.25, -0.2) is 4.39 Å². The fraction of sp³-hybridized carbons (Fsp3) is 0.375. The summed E-state index contributed by atoms with van der Waals surface area (Å²) in [6.45, 7) is 1.04. The van der Waals surface area contributed by atoms with Crippen molar-refractivity contribution in [2.75, 3.05) is 18.0 Å². The average Bonchev–Trinajstić information content (AvgIpc) is 2.01. The van der Waals surface area contributed by atoms with E-state index in [-0.39, 0.29) is 0 Å². The number of alkyl halides is 1. The molecule has 0 bridgehead atoms. The molecule has 11 heavy (non-hydrogen) atoms. The summed E-state index contributed by atoms with van der Waals surface area (Å²) in [6.07, 6.45) is 2.83. The van der Waals surface area contributed by atoms with E-state index in [2.05, 4.69) is 4.98 Å². The van der Waals surface area contributed by atoms with Crippen LogP contribution in [0.2, 0.25) is 0 Å².